The predicted octanol–water partition coefficient (Wildman–Crippen LogP) is 4.24. The summed E-state index contributed by atoms with van der Waals surface area (Å²) in [6.45, 7) is 8.83. The standard InChI is InChI=1S/C14H22BrN/c1-4-13(10-15)11-16(5-2)14-8-6-12(3)7-9-14/h6-9,13H,4-5,10-11H2,1-3H3. The molecule has 0 spiro atoms. The molecule has 0 saturated heterocycles. The Hall–Kier alpha value is -0.500. The third-order valence-corrected chi connectivity index (χ3v) is 3.97. The first-order valence-electron chi connectivity index (χ1n) is 6.08. The Bertz CT molecular complexity index is 290. The maximum absolute atomic E-state index is 3.59. The van der Waals surface area contributed by atoms with Crippen molar-refractivity contribution in [3.63, 3.8) is 0 Å². The van der Waals surface area contributed by atoms with Crippen LogP contribution in [0.15, 0.2) is 24.3 Å². The lowest BCUT2D eigenvalue weighted by molar-refractivity contribution is 0.560. The summed E-state index contributed by atoms with van der Waals surface area (Å²) in [6, 6.07) is 8.82. The molecule has 90 valence electrons. The molecule has 1 nitrogen and oxygen atoms in total. The summed E-state index contributed by atoms with van der Waals surface area (Å²) < 4.78 is 0. The molecule has 0 aliphatic carbocycles. The van der Waals surface area contributed by atoms with Crippen molar-refractivity contribution in [2.45, 2.75) is 27.2 Å². The molecule has 1 aromatic rings. The van der Waals surface area contributed by atoms with E-state index in [-0.39, 0.29) is 0 Å². The number of rotatable bonds is 6. The first-order valence-corrected chi connectivity index (χ1v) is 7.21. The summed E-state index contributed by atoms with van der Waals surface area (Å²) in [5.74, 6) is 0.737. The molecule has 0 aromatic heterocycles. The summed E-state index contributed by atoms with van der Waals surface area (Å²) in [6.07, 6.45) is 1.23. The van der Waals surface area contributed by atoms with Crippen LogP contribution in [0.1, 0.15) is 25.8 Å². The van der Waals surface area contributed by atoms with E-state index in [2.05, 4.69) is 65.9 Å². The monoisotopic (exact) mass is 283 g/mol. The van der Waals surface area contributed by atoms with Crippen LogP contribution >= 0.6 is 15.9 Å². The van der Waals surface area contributed by atoms with Crippen molar-refractivity contribution in [1.29, 1.82) is 0 Å². The zero-order chi connectivity index (χ0) is 12.0. The molecular weight excluding hydrogens is 262 g/mol. The molecule has 0 radical (unpaired) electrons. The second kappa shape index (κ2) is 6.95. The fraction of sp³-hybridized carbons (Fsp3) is 0.571. The number of hydrogen-bond donors (Lipinski definition) is 0. The summed E-state index contributed by atoms with van der Waals surface area (Å²) in [7, 11) is 0. The minimum Gasteiger partial charge on any atom is -0.372 e. The molecule has 0 fully saturated rings. The zero-order valence-corrected chi connectivity index (χ0v) is 12.1. The average molecular weight is 284 g/mol. The summed E-state index contributed by atoms with van der Waals surface area (Å²) in [5.41, 5.74) is 2.67. The van der Waals surface area contributed by atoms with Crippen LogP contribution in [-0.4, -0.2) is 18.4 Å². The first kappa shape index (κ1) is 13.6. The lowest BCUT2D eigenvalue weighted by Gasteiger charge is -2.27. The van der Waals surface area contributed by atoms with E-state index in [4.69, 9.17) is 0 Å². The van der Waals surface area contributed by atoms with Gasteiger partial charge in [0.2, 0.25) is 0 Å². The second-order valence-corrected chi connectivity index (χ2v) is 4.95. The van der Waals surface area contributed by atoms with Gasteiger partial charge in [-0.15, -0.1) is 0 Å². The van der Waals surface area contributed by atoms with Gasteiger partial charge in [-0.2, -0.15) is 0 Å². The van der Waals surface area contributed by atoms with Crippen LogP contribution in [0.5, 0.6) is 0 Å². The van der Waals surface area contributed by atoms with Crippen molar-refractivity contribution >= 4 is 21.6 Å². The van der Waals surface area contributed by atoms with Crippen molar-refractivity contribution in [1.82, 2.24) is 0 Å². The van der Waals surface area contributed by atoms with E-state index >= 15 is 0 Å². The van der Waals surface area contributed by atoms with E-state index in [0.29, 0.717) is 0 Å². The molecule has 1 unspecified atom stereocenters. The summed E-state index contributed by atoms with van der Waals surface area (Å²) >= 11 is 3.59. The van der Waals surface area contributed by atoms with Gasteiger partial charge in [-0.05, 0) is 31.9 Å². The predicted molar refractivity (Wildman–Crippen MR) is 76.6 cm³/mol. The smallest absolute Gasteiger partial charge is 0.0366 e. The van der Waals surface area contributed by atoms with Gasteiger partial charge in [0, 0.05) is 24.1 Å². The van der Waals surface area contributed by atoms with Crippen LogP contribution in [0, 0.1) is 12.8 Å². The topological polar surface area (TPSA) is 3.24 Å². The Balaban J connectivity index is 2.70. The molecule has 16 heavy (non-hydrogen) atoms. The Labute approximate surface area is 108 Å². The molecule has 0 aliphatic heterocycles. The third-order valence-electron chi connectivity index (χ3n) is 3.05. The average Bonchev–Trinajstić information content (AvgIpc) is 2.32. The maximum Gasteiger partial charge on any atom is 0.0366 e. The fourth-order valence-electron chi connectivity index (χ4n) is 1.77. The molecule has 0 bridgehead atoms. The number of aryl methyl sites for hydroxylation is 1. The molecule has 0 heterocycles. The van der Waals surface area contributed by atoms with Crippen LogP contribution in [-0.2, 0) is 0 Å². The Kier molecular flexibility index (Phi) is 5.89. The van der Waals surface area contributed by atoms with Crippen LogP contribution in [0.4, 0.5) is 5.69 Å². The molecule has 0 N–H and O–H groups in total. The van der Waals surface area contributed by atoms with Crippen LogP contribution in [0.25, 0.3) is 0 Å². The number of benzene rings is 1. The van der Waals surface area contributed by atoms with E-state index in [1.54, 1.807) is 0 Å². The van der Waals surface area contributed by atoms with Gasteiger partial charge in [0.05, 0.1) is 0 Å². The van der Waals surface area contributed by atoms with Crippen LogP contribution in [0.3, 0.4) is 0 Å². The highest BCUT2D eigenvalue weighted by molar-refractivity contribution is 9.09. The lowest BCUT2D eigenvalue weighted by atomic mass is 10.1. The summed E-state index contributed by atoms with van der Waals surface area (Å²) in [5, 5.41) is 1.09. The summed E-state index contributed by atoms with van der Waals surface area (Å²) in [4.78, 5) is 2.45. The number of hydrogen-bond acceptors (Lipinski definition) is 1. The molecule has 1 atom stereocenters. The second-order valence-electron chi connectivity index (χ2n) is 4.30. The Morgan fingerprint density at radius 1 is 1.19 bits per heavy atom. The van der Waals surface area contributed by atoms with Gasteiger partial charge in [-0.25, -0.2) is 0 Å². The molecule has 2 heteroatoms. The Morgan fingerprint density at radius 3 is 2.25 bits per heavy atom. The maximum atomic E-state index is 3.59. The molecule has 0 saturated carbocycles. The largest absolute Gasteiger partial charge is 0.372 e. The van der Waals surface area contributed by atoms with Gasteiger partial charge in [-0.1, -0.05) is 47.0 Å². The van der Waals surface area contributed by atoms with Gasteiger partial charge in [0.15, 0.2) is 0 Å². The SMILES string of the molecule is CCC(CBr)CN(CC)c1ccc(C)cc1. The first-order chi connectivity index (χ1) is 7.71. The number of anilines is 1. The Morgan fingerprint density at radius 2 is 1.81 bits per heavy atom. The van der Waals surface area contributed by atoms with Crippen molar-refractivity contribution in [2.75, 3.05) is 23.3 Å². The van der Waals surface area contributed by atoms with Crippen molar-refractivity contribution in [3.8, 4) is 0 Å². The molecule has 1 aromatic carbocycles. The number of halogens is 1. The minimum atomic E-state index is 0.737. The van der Waals surface area contributed by atoms with E-state index in [9.17, 15) is 0 Å². The normalized spacial score (nSPS) is 12.5. The zero-order valence-electron chi connectivity index (χ0n) is 10.5. The van der Waals surface area contributed by atoms with E-state index in [0.717, 1.165) is 24.3 Å². The lowest BCUT2D eigenvalue weighted by Crippen LogP contribution is -2.29. The van der Waals surface area contributed by atoms with E-state index in [1.807, 2.05) is 0 Å². The molecule has 0 aliphatic rings. The van der Waals surface area contributed by atoms with E-state index in [1.165, 1.54) is 17.7 Å². The molecule has 0 amide bonds. The number of alkyl halides is 1. The number of nitrogens with zero attached hydrogens (tertiary/aromatic N) is 1. The van der Waals surface area contributed by atoms with Gasteiger partial charge >= 0.3 is 0 Å². The van der Waals surface area contributed by atoms with Gasteiger partial charge in [0.25, 0.3) is 0 Å². The highest BCUT2D eigenvalue weighted by atomic mass is 79.9. The van der Waals surface area contributed by atoms with Crippen LogP contribution < -0.4 is 4.90 Å². The van der Waals surface area contributed by atoms with E-state index < -0.39 is 0 Å². The quantitative estimate of drug-likeness (QED) is 0.706. The molecular formula is C14H22BrN. The minimum absolute atomic E-state index is 0.737. The highest BCUT2D eigenvalue weighted by Gasteiger charge is 2.10. The molecule has 1 rings (SSSR count). The van der Waals surface area contributed by atoms with Gasteiger partial charge < -0.3 is 4.90 Å². The van der Waals surface area contributed by atoms with Gasteiger partial charge in [0.1, 0.15) is 0 Å². The van der Waals surface area contributed by atoms with Crippen molar-refractivity contribution in [2.24, 2.45) is 5.92 Å². The van der Waals surface area contributed by atoms with Crippen molar-refractivity contribution in [3.05, 3.63) is 29.8 Å². The van der Waals surface area contributed by atoms with Crippen molar-refractivity contribution < 1.29 is 0 Å². The van der Waals surface area contributed by atoms with Crippen LogP contribution in [0.2, 0.25) is 0 Å². The third kappa shape index (κ3) is 3.82. The fourth-order valence-corrected chi connectivity index (χ4v) is 2.43. The highest BCUT2D eigenvalue weighted by Crippen LogP contribution is 2.18. The van der Waals surface area contributed by atoms with Gasteiger partial charge in [-0.3, -0.25) is 0 Å².